The van der Waals surface area contributed by atoms with E-state index in [0.29, 0.717) is 17.2 Å². The van der Waals surface area contributed by atoms with Gasteiger partial charge in [-0.3, -0.25) is 0 Å². The van der Waals surface area contributed by atoms with Crippen molar-refractivity contribution in [3.8, 4) is 17.4 Å². The molecule has 0 aliphatic heterocycles. The zero-order chi connectivity index (χ0) is 13.0. The Bertz CT molecular complexity index is 591. The molecule has 0 fully saturated rings. The van der Waals surface area contributed by atoms with Gasteiger partial charge in [-0.15, -0.1) is 0 Å². The lowest BCUT2D eigenvalue weighted by Gasteiger charge is -2.03. The molecule has 2 rings (SSSR count). The van der Waals surface area contributed by atoms with Gasteiger partial charge in [0.15, 0.2) is 5.76 Å². The quantitative estimate of drug-likeness (QED) is 0.773. The second kappa shape index (κ2) is 5.19. The fraction of sp³-hybridized carbons (Fsp3) is 0.143. The Morgan fingerprint density at radius 3 is 2.67 bits per heavy atom. The summed E-state index contributed by atoms with van der Waals surface area (Å²) < 4.78 is 5.60. The van der Waals surface area contributed by atoms with E-state index < -0.39 is 0 Å². The first-order valence-corrected chi connectivity index (χ1v) is 5.50. The van der Waals surface area contributed by atoms with Crippen molar-refractivity contribution in [2.24, 2.45) is 0 Å². The van der Waals surface area contributed by atoms with Crippen molar-refractivity contribution in [2.75, 3.05) is 14.1 Å². The lowest BCUT2D eigenvalue weighted by atomic mass is 10.2. The highest BCUT2D eigenvalue weighted by Gasteiger charge is 2.10. The summed E-state index contributed by atoms with van der Waals surface area (Å²) in [5.41, 5.74) is 1.35. The minimum atomic E-state index is 0.338. The Balaban J connectivity index is 2.34. The van der Waals surface area contributed by atoms with Crippen molar-refractivity contribution in [3.05, 3.63) is 48.6 Å². The highest BCUT2D eigenvalue weighted by atomic mass is 16.4. The standard InChI is InChI=1S/C14H13N3O/c1-17(2)10-12(8-15)14-16-9-13(18-14)11-6-4-3-5-7-11/h3-7,9-10H,1-2H3. The minimum absolute atomic E-state index is 0.338. The van der Waals surface area contributed by atoms with Crippen LogP contribution in [0.5, 0.6) is 0 Å². The number of oxazole rings is 1. The number of aromatic nitrogens is 1. The summed E-state index contributed by atoms with van der Waals surface area (Å²) in [7, 11) is 3.69. The van der Waals surface area contributed by atoms with Crippen molar-refractivity contribution in [3.63, 3.8) is 0 Å². The Labute approximate surface area is 106 Å². The third-order valence-electron chi connectivity index (χ3n) is 2.30. The Hall–Kier alpha value is -2.54. The van der Waals surface area contributed by atoms with Gasteiger partial charge in [0.25, 0.3) is 0 Å². The van der Waals surface area contributed by atoms with Gasteiger partial charge in [0, 0.05) is 25.9 Å². The van der Waals surface area contributed by atoms with Crippen LogP contribution >= 0.6 is 0 Å². The first kappa shape index (κ1) is 11.9. The molecule has 0 spiro atoms. The molecule has 0 saturated heterocycles. The maximum atomic E-state index is 9.06. The van der Waals surface area contributed by atoms with E-state index in [9.17, 15) is 0 Å². The van der Waals surface area contributed by atoms with Crippen LogP contribution in [-0.4, -0.2) is 24.0 Å². The van der Waals surface area contributed by atoms with E-state index in [-0.39, 0.29) is 0 Å². The van der Waals surface area contributed by atoms with Gasteiger partial charge in [0.1, 0.15) is 11.6 Å². The predicted molar refractivity (Wildman–Crippen MR) is 69.2 cm³/mol. The van der Waals surface area contributed by atoms with Crippen LogP contribution < -0.4 is 0 Å². The SMILES string of the molecule is CN(C)C=C(C#N)c1ncc(-c2ccccc2)o1. The Morgan fingerprint density at radius 1 is 1.33 bits per heavy atom. The third-order valence-corrected chi connectivity index (χ3v) is 2.30. The number of allylic oxidation sites excluding steroid dienone is 1. The highest BCUT2D eigenvalue weighted by Crippen LogP contribution is 2.23. The van der Waals surface area contributed by atoms with Crippen molar-refractivity contribution in [1.29, 1.82) is 5.26 Å². The van der Waals surface area contributed by atoms with Crippen LogP contribution in [0.1, 0.15) is 5.89 Å². The van der Waals surface area contributed by atoms with E-state index in [0.717, 1.165) is 5.56 Å². The topological polar surface area (TPSA) is 53.1 Å². The molecule has 18 heavy (non-hydrogen) atoms. The predicted octanol–water partition coefficient (Wildman–Crippen LogP) is 2.77. The fourth-order valence-electron chi connectivity index (χ4n) is 1.52. The van der Waals surface area contributed by atoms with E-state index in [1.54, 1.807) is 17.3 Å². The van der Waals surface area contributed by atoms with Gasteiger partial charge in [-0.25, -0.2) is 4.98 Å². The molecule has 0 saturated carbocycles. The fourth-order valence-corrected chi connectivity index (χ4v) is 1.52. The van der Waals surface area contributed by atoms with E-state index in [1.165, 1.54) is 0 Å². The van der Waals surface area contributed by atoms with E-state index >= 15 is 0 Å². The van der Waals surface area contributed by atoms with E-state index in [1.807, 2.05) is 44.4 Å². The normalized spacial score (nSPS) is 11.1. The van der Waals surface area contributed by atoms with Crippen LogP contribution in [0, 0.1) is 11.3 Å². The summed E-state index contributed by atoms with van der Waals surface area (Å²) in [6.45, 7) is 0. The maximum absolute atomic E-state index is 9.06. The summed E-state index contributed by atoms with van der Waals surface area (Å²) in [5, 5.41) is 9.06. The van der Waals surface area contributed by atoms with Crippen molar-refractivity contribution >= 4 is 5.57 Å². The number of benzene rings is 1. The van der Waals surface area contributed by atoms with Crippen molar-refractivity contribution in [1.82, 2.24) is 9.88 Å². The number of nitrogens with zero attached hydrogens (tertiary/aromatic N) is 3. The molecule has 4 heteroatoms. The molecular weight excluding hydrogens is 226 g/mol. The summed E-state index contributed by atoms with van der Waals surface area (Å²) in [4.78, 5) is 5.92. The molecule has 0 radical (unpaired) electrons. The lowest BCUT2D eigenvalue weighted by molar-refractivity contribution is 0.543. The molecule has 2 aromatic rings. The van der Waals surface area contributed by atoms with Gasteiger partial charge in [-0.05, 0) is 0 Å². The van der Waals surface area contributed by atoms with Crippen LogP contribution in [0.2, 0.25) is 0 Å². The molecule has 0 N–H and O–H groups in total. The Morgan fingerprint density at radius 2 is 2.06 bits per heavy atom. The molecule has 0 bridgehead atoms. The van der Waals surface area contributed by atoms with Gasteiger partial charge in [0.05, 0.1) is 6.20 Å². The summed E-state index contributed by atoms with van der Waals surface area (Å²) >= 11 is 0. The Kier molecular flexibility index (Phi) is 3.44. The zero-order valence-electron chi connectivity index (χ0n) is 10.3. The highest BCUT2D eigenvalue weighted by molar-refractivity contribution is 5.72. The van der Waals surface area contributed by atoms with Gasteiger partial charge >= 0.3 is 0 Å². The molecule has 0 aliphatic carbocycles. The average molecular weight is 239 g/mol. The number of hydrogen-bond donors (Lipinski definition) is 0. The second-order valence-electron chi connectivity index (χ2n) is 4.01. The molecule has 1 aromatic carbocycles. The van der Waals surface area contributed by atoms with Crippen LogP contribution in [0.4, 0.5) is 0 Å². The number of nitriles is 1. The monoisotopic (exact) mass is 239 g/mol. The molecular formula is C14H13N3O. The van der Waals surface area contributed by atoms with Crippen molar-refractivity contribution < 1.29 is 4.42 Å². The van der Waals surface area contributed by atoms with Gasteiger partial charge in [-0.2, -0.15) is 5.26 Å². The lowest BCUT2D eigenvalue weighted by Crippen LogP contribution is -2.02. The van der Waals surface area contributed by atoms with Crippen LogP contribution in [0.3, 0.4) is 0 Å². The van der Waals surface area contributed by atoms with E-state index in [2.05, 4.69) is 11.1 Å². The zero-order valence-corrected chi connectivity index (χ0v) is 10.3. The van der Waals surface area contributed by atoms with Crippen molar-refractivity contribution in [2.45, 2.75) is 0 Å². The van der Waals surface area contributed by atoms with Gasteiger partial charge in [-0.1, -0.05) is 30.3 Å². The first-order chi connectivity index (χ1) is 8.70. The second-order valence-corrected chi connectivity index (χ2v) is 4.01. The largest absolute Gasteiger partial charge is 0.435 e. The molecule has 4 nitrogen and oxygen atoms in total. The smallest absolute Gasteiger partial charge is 0.238 e. The number of hydrogen-bond acceptors (Lipinski definition) is 4. The molecule has 1 heterocycles. The molecule has 0 atom stereocenters. The molecule has 1 aromatic heterocycles. The van der Waals surface area contributed by atoms with E-state index in [4.69, 9.17) is 9.68 Å². The molecule has 0 amide bonds. The summed E-state index contributed by atoms with van der Waals surface area (Å²) in [6.07, 6.45) is 3.31. The summed E-state index contributed by atoms with van der Waals surface area (Å²) in [5.74, 6) is 0.996. The molecule has 90 valence electrons. The maximum Gasteiger partial charge on any atom is 0.238 e. The average Bonchev–Trinajstić information content (AvgIpc) is 2.86. The number of rotatable bonds is 3. The van der Waals surface area contributed by atoms with Crippen LogP contribution in [-0.2, 0) is 0 Å². The van der Waals surface area contributed by atoms with Crippen LogP contribution in [0.25, 0.3) is 16.9 Å². The molecule has 0 aliphatic rings. The summed E-state index contributed by atoms with van der Waals surface area (Å²) in [6, 6.07) is 11.7. The van der Waals surface area contributed by atoms with Gasteiger partial charge in [0.2, 0.25) is 5.89 Å². The third kappa shape index (κ3) is 2.58. The minimum Gasteiger partial charge on any atom is -0.435 e. The first-order valence-electron chi connectivity index (χ1n) is 5.50. The van der Waals surface area contributed by atoms with Crippen LogP contribution in [0.15, 0.2) is 47.1 Å². The molecule has 0 unspecified atom stereocenters. The van der Waals surface area contributed by atoms with Gasteiger partial charge < -0.3 is 9.32 Å².